The van der Waals surface area contributed by atoms with E-state index in [4.69, 9.17) is 9.16 Å². The van der Waals surface area contributed by atoms with Gasteiger partial charge in [-0.15, -0.1) is 11.8 Å². The maximum Gasteiger partial charge on any atom is 0.192 e. The van der Waals surface area contributed by atoms with Crippen LogP contribution in [0.5, 0.6) is 0 Å². The van der Waals surface area contributed by atoms with Crippen molar-refractivity contribution in [2.24, 2.45) is 0 Å². The maximum atomic E-state index is 6.57. The minimum absolute atomic E-state index is 0.246. The lowest BCUT2D eigenvalue weighted by molar-refractivity contribution is 0.118. The van der Waals surface area contributed by atoms with Crippen LogP contribution < -0.4 is 0 Å². The van der Waals surface area contributed by atoms with Gasteiger partial charge in [-0.25, -0.2) is 0 Å². The van der Waals surface area contributed by atoms with E-state index in [9.17, 15) is 0 Å². The van der Waals surface area contributed by atoms with E-state index >= 15 is 0 Å². The molecule has 0 spiro atoms. The molecule has 222 valence electrons. The molecule has 0 unspecified atom stereocenters. The van der Waals surface area contributed by atoms with Crippen LogP contribution in [0.2, 0.25) is 18.1 Å². The summed E-state index contributed by atoms with van der Waals surface area (Å²) in [6, 6.07) is 10.8. The van der Waals surface area contributed by atoms with Crippen molar-refractivity contribution in [2.75, 3.05) is 19.8 Å². The lowest BCUT2D eigenvalue weighted by atomic mass is 10.0. The molecule has 1 rings (SSSR count). The molecule has 0 saturated carbocycles. The van der Waals surface area contributed by atoms with Crippen LogP contribution in [0.4, 0.5) is 0 Å². The highest BCUT2D eigenvalue weighted by Crippen LogP contribution is 2.37. The molecule has 4 heteroatoms. The zero-order valence-corrected chi connectivity index (χ0v) is 28.1. The van der Waals surface area contributed by atoms with Gasteiger partial charge < -0.3 is 9.16 Å². The first kappa shape index (κ1) is 35.7. The first-order valence-electron chi connectivity index (χ1n) is 16.1. The van der Waals surface area contributed by atoms with E-state index in [1.54, 1.807) is 0 Å². The number of thioether (sulfide) groups is 1. The summed E-state index contributed by atoms with van der Waals surface area (Å²) in [6.07, 6.45) is 22.5. The second-order valence-corrected chi connectivity index (χ2v) is 19.0. The van der Waals surface area contributed by atoms with Gasteiger partial charge in [-0.3, -0.25) is 0 Å². The molecule has 0 aliphatic rings. The molecule has 0 aliphatic heterocycles. The Kier molecular flexibility index (Phi) is 21.1. The van der Waals surface area contributed by atoms with Crippen LogP contribution in [0.3, 0.4) is 0 Å². The Morgan fingerprint density at radius 3 is 1.63 bits per heavy atom. The second kappa shape index (κ2) is 22.4. The van der Waals surface area contributed by atoms with E-state index in [0.717, 1.165) is 25.6 Å². The minimum atomic E-state index is -1.74. The van der Waals surface area contributed by atoms with Gasteiger partial charge in [0.15, 0.2) is 8.32 Å². The number of hydrogen-bond donors (Lipinski definition) is 0. The summed E-state index contributed by atoms with van der Waals surface area (Å²) in [5.74, 6) is 1.02. The van der Waals surface area contributed by atoms with Crippen LogP contribution in [0.1, 0.15) is 136 Å². The van der Waals surface area contributed by atoms with Gasteiger partial charge in [0.2, 0.25) is 0 Å². The summed E-state index contributed by atoms with van der Waals surface area (Å²) in [7, 11) is -1.74. The van der Waals surface area contributed by atoms with Gasteiger partial charge in [-0.1, -0.05) is 154 Å². The fraction of sp³-hybridized carbons (Fsp3) is 0.824. The van der Waals surface area contributed by atoms with Crippen molar-refractivity contribution in [1.82, 2.24) is 0 Å². The molecule has 0 fully saturated rings. The van der Waals surface area contributed by atoms with Crippen molar-refractivity contribution in [3.63, 3.8) is 0 Å². The monoisotopic (exact) mass is 564 g/mol. The molecule has 0 aliphatic carbocycles. The fourth-order valence-electron chi connectivity index (χ4n) is 4.42. The average molecular weight is 565 g/mol. The maximum absolute atomic E-state index is 6.57. The predicted molar refractivity (Wildman–Crippen MR) is 175 cm³/mol. The molecule has 1 aromatic carbocycles. The van der Waals surface area contributed by atoms with Crippen molar-refractivity contribution in [3.8, 4) is 0 Å². The highest BCUT2D eigenvalue weighted by atomic mass is 32.2. The van der Waals surface area contributed by atoms with Crippen LogP contribution in [0.15, 0.2) is 30.3 Å². The lowest BCUT2D eigenvalue weighted by Crippen LogP contribution is -2.42. The molecule has 1 aromatic rings. The summed E-state index contributed by atoms with van der Waals surface area (Å²) >= 11 is 1.99. The van der Waals surface area contributed by atoms with Crippen molar-refractivity contribution < 1.29 is 9.16 Å². The molecule has 2 nitrogen and oxygen atoms in total. The van der Waals surface area contributed by atoms with Crippen molar-refractivity contribution in [3.05, 3.63) is 35.9 Å². The summed E-state index contributed by atoms with van der Waals surface area (Å²) in [6.45, 7) is 16.4. The van der Waals surface area contributed by atoms with Crippen LogP contribution in [-0.4, -0.2) is 33.4 Å². The summed E-state index contributed by atoms with van der Waals surface area (Å²) in [4.78, 5) is 0. The Balaban J connectivity index is 2.08. The first-order valence-corrected chi connectivity index (χ1v) is 20.1. The molecule has 0 heterocycles. The smallest absolute Gasteiger partial charge is 0.192 e. The van der Waals surface area contributed by atoms with Crippen LogP contribution >= 0.6 is 11.8 Å². The molecule has 0 saturated heterocycles. The number of benzene rings is 1. The third kappa shape index (κ3) is 18.9. The predicted octanol–water partition coefficient (Wildman–Crippen LogP) is 11.6. The van der Waals surface area contributed by atoms with Crippen LogP contribution in [0, 0.1) is 0 Å². The highest BCUT2D eigenvalue weighted by Gasteiger charge is 2.37. The summed E-state index contributed by atoms with van der Waals surface area (Å²) in [5, 5.41) is 0.640. The second-order valence-electron chi connectivity index (χ2n) is 12.9. The van der Waals surface area contributed by atoms with E-state index in [1.165, 1.54) is 108 Å². The zero-order chi connectivity index (χ0) is 28.0. The number of unbranched alkanes of at least 4 members (excludes halogenated alkanes) is 15. The zero-order valence-electron chi connectivity index (χ0n) is 26.3. The molecular formula is C34H64O2SSi. The third-order valence-electron chi connectivity index (χ3n) is 8.21. The van der Waals surface area contributed by atoms with Gasteiger partial charge in [-0.2, -0.15) is 0 Å². The molecule has 0 aromatic heterocycles. The van der Waals surface area contributed by atoms with Crippen molar-refractivity contribution in [2.45, 2.75) is 160 Å². The van der Waals surface area contributed by atoms with Gasteiger partial charge in [0.05, 0.1) is 11.9 Å². The highest BCUT2D eigenvalue weighted by molar-refractivity contribution is 7.99. The molecule has 38 heavy (non-hydrogen) atoms. The Bertz CT molecular complexity index is 644. The summed E-state index contributed by atoms with van der Waals surface area (Å²) < 4.78 is 12.7. The molecule has 1 atom stereocenters. The number of rotatable bonds is 25. The first-order chi connectivity index (χ1) is 18.3. The normalized spacial score (nSPS) is 13.2. The average Bonchev–Trinajstić information content (AvgIpc) is 2.89. The van der Waals surface area contributed by atoms with Gasteiger partial charge in [-0.05, 0) is 30.1 Å². The third-order valence-corrected chi connectivity index (χ3v) is 14.0. The van der Waals surface area contributed by atoms with E-state index in [-0.39, 0.29) is 5.04 Å². The van der Waals surface area contributed by atoms with E-state index < -0.39 is 8.32 Å². The molecule has 0 bridgehead atoms. The molecule has 0 amide bonds. The quantitative estimate of drug-likeness (QED) is 0.0869. The van der Waals surface area contributed by atoms with Crippen LogP contribution in [0.25, 0.3) is 0 Å². The fourth-order valence-corrected chi connectivity index (χ4v) is 6.57. The minimum Gasteiger partial charge on any atom is -0.416 e. The standard InChI is InChI=1S/C34H64O2SSi/c1-7-8-9-10-11-12-13-14-15-16-17-18-19-20-21-25-28-35-29-33(30-36-38(5,6)34(2,3)4)37-31-32-26-23-22-24-27-32/h22-24,26-27,33H,7-21,25,28-31H2,1-6H3/t33-/m1/s1. The Labute approximate surface area is 244 Å². The van der Waals surface area contributed by atoms with Crippen molar-refractivity contribution >= 4 is 20.1 Å². The van der Waals surface area contributed by atoms with E-state index in [2.05, 4.69) is 71.1 Å². The topological polar surface area (TPSA) is 18.5 Å². The molecule has 0 radical (unpaired) electrons. The Morgan fingerprint density at radius 1 is 0.684 bits per heavy atom. The largest absolute Gasteiger partial charge is 0.416 e. The SMILES string of the molecule is CCCCCCCCCCCCCCCCCCOC[C@H](CO[Si](C)(C)C(C)(C)C)SCc1ccccc1. The van der Waals surface area contributed by atoms with Gasteiger partial charge in [0.1, 0.15) is 0 Å². The Hall–Kier alpha value is -0.293. The van der Waals surface area contributed by atoms with Crippen LogP contribution in [-0.2, 0) is 14.9 Å². The molecule has 0 N–H and O–H groups in total. The van der Waals surface area contributed by atoms with E-state index in [0.29, 0.717) is 5.25 Å². The summed E-state index contributed by atoms with van der Waals surface area (Å²) in [5.41, 5.74) is 1.38. The molecular weight excluding hydrogens is 501 g/mol. The van der Waals surface area contributed by atoms with Gasteiger partial charge in [0.25, 0.3) is 0 Å². The number of ether oxygens (including phenoxy) is 1. The Morgan fingerprint density at radius 2 is 1.16 bits per heavy atom. The van der Waals surface area contributed by atoms with E-state index in [1.807, 2.05) is 11.8 Å². The van der Waals surface area contributed by atoms with Gasteiger partial charge in [0, 0.05) is 19.0 Å². The number of hydrogen-bond acceptors (Lipinski definition) is 3. The lowest BCUT2D eigenvalue weighted by Gasteiger charge is -2.37. The van der Waals surface area contributed by atoms with Gasteiger partial charge >= 0.3 is 0 Å². The van der Waals surface area contributed by atoms with Crippen molar-refractivity contribution in [1.29, 1.82) is 0 Å².